The summed E-state index contributed by atoms with van der Waals surface area (Å²) < 4.78 is 8.20. The number of nitrogens with two attached hydrogens (primary N) is 1. The molecule has 2 aromatic heterocycles. The Morgan fingerprint density at radius 2 is 1.47 bits per heavy atom. The molecule has 0 radical (unpaired) electrons. The van der Waals surface area contributed by atoms with Gasteiger partial charge in [0.05, 0.1) is 16.9 Å². The van der Waals surface area contributed by atoms with Crippen LogP contribution in [0.25, 0.3) is 22.2 Å². The molecule has 36 heavy (non-hydrogen) atoms. The molecule has 0 unspecified atom stereocenters. The Kier molecular flexibility index (Phi) is 6.34. The average Bonchev–Trinajstić information content (AvgIpc) is 3.31. The second-order valence-electron chi connectivity index (χ2n) is 10.1. The SMILES string of the molecule is CN1CCN(C2CCC(n3nc(-c4ccc(Oc5ccccc5)cc4)c4c(N)nccc43)CC2)CC1. The van der Waals surface area contributed by atoms with Gasteiger partial charge in [-0.2, -0.15) is 5.10 Å². The molecule has 186 valence electrons. The van der Waals surface area contributed by atoms with Crippen LogP contribution >= 0.6 is 0 Å². The minimum atomic E-state index is 0.382. The summed E-state index contributed by atoms with van der Waals surface area (Å²) in [4.78, 5) is 9.52. The summed E-state index contributed by atoms with van der Waals surface area (Å²) in [7, 11) is 2.22. The lowest BCUT2D eigenvalue weighted by molar-refractivity contribution is 0.0816. The number of nitrogen functional groups attached to an aromatic ring is 1. The molecule has 0 atom stereocenters. The van der Waals surface area contributed by atoms with Gasteiger partial charge in [0.2, 0.25) is 0 Å². The molecule has 1 saturated carbocycles. The minimum absolute atomic E-state index is 0.382. The molecular weight excluding hydrogens is 448 g/mol. The van der Waals surface area contributed by atoms with Crippen LogP contribution in [0.2, 0.25) is 0 Å². The lowest BCUT2D eigenvalue weighted by Crippen LogP contribution is -2.49. The van der Waals surface area contributed by atoms with Crippen molar-refractivity contribution in [1.82, 2.24) is 24.6 Å². The zero-order chi connectivity index (χ0) is 24.5. The first-order valence-electron chi connectivity index (χ1n) is 13.0. The third-order valence-electron chi connectivity index (χ3n) is 7.82. The van der Waals surface area contributed by atoms with Gasteiger partial charge in [0, 0.05) is 44.0 Å². The smallest absolute Gasteiger partial charge is 0.135 e. The van der Waals surface area contributed by atoms with E-state index in [4.69, 9.17) is 15.6 Å². The van der Waals surface area contributed by atoms with E-state index in [1.165, 1.54) is 39.0 Å². The van der Waals surface area contributed by atoms with Gasteiger partial charge in [-0.25, -0.2) is 4.98 Å². The number of ether oxygens (including phenoxy) is 1. The van der Waals surface area contributed by atoms with Gasteiger partial charge in [0.25, 0.3) is 0 Å². The van der Waals surface area contributed by atoms with Crippen LogP contribution in [-0.2, 0) is 0 Å². The van der Waals surface area contributed by atoms with E-state index < -0.39 is 0 Å². The predicted octanol–water partition coefficient (Wildman–Crippen LogP) is 5.20. The van der Waals surface area contributed by atoms with Gasteiger partial charge in [0.1, 0.15) is 23.0 Å². The largest absolute Gasteiger partial charge is 0.457 e. The molecule has 2 fully saturated rings. The number of fused-ring (bicyclic) bond motifs is 1. The van der Waals surface area contributed by atoms with E-state index in [1.54, 1.807) is 6.20 Å². The zero-order valence-electron chi connectivity index (χ0n) is 20.9. The molecule has 0 amide bonds. The fourth-order valence-electron chi connectivity index (χ4n) is 5.75. The molecule has 1 aliphatic heterocycles. The van der Waals surface area contributed by atoms with E-state index in [2.05, 4.69) is 44.7 Å². The maximum absolute atomic E-state index is 6.40. The fourth-order valence-corrected chi connectivity index (χ4v) is 5.75. The average molecular weight is 483 g/mol. The molecule has 6 rings (SSSR count). The molecule has 0 bridgehead atoms. The molecule has 7 heteroatoms. The monoisotopic (exact) mass is 482 g/mol. The number of benzene rings is 2. The Morgan fingerprint density at radius 3 is 2.19 bits per heavy atom. The third-order valence-corrected chi connectivity index (χ3v) is 7.82. The number of aromatic nitrogens is 3. The maximum Gasteiger partial charge on any atom is 0.135 e. The van der Waals surface area contributed by atoms with Crippen LogP contribution in [0.3, 0.4) is 0 Å². The van der Waals surface area contributed by atoms with Gasteiger partial charge in [-0.05, 0) is 75.2 Å². The Labute approximate surface area is 212 Å². The Bertz CT molecular complexity index is 1300. The second kappa shape index (κ2) is 9.91. The van der Waals surface area contributed by atoms with Gasteiger partial charge in [-0.3, -0.25) is 9.58 Å². The van der Waals surface area contributed by atoms with Crippen LogP contribution < -0.4 is 10.5 Å². The Morgan fingerprint density at radius 1 is 0.806 bits per heavy atom. The number of nitrogens with zero attached hydrogens (tertiary/aromatic N) is 5. The van der Waals surface area contributed by atoms with E-state index >= 15 is 0 Å². The maximum atomic E-state index is 6.40. The molecule has 2 aromatic carbocycles. The van der Waals surface area contributed by atoms with Crippen LogP contribution in [0.4, 0.5) is 5.82 Å². The molecule has 3 heterocycles. The molecule has 1 saturated heterocycles. The molecule has 2 N–H and O–H groups in total. The standard InChI is InChI=1S/C29H34N6O/c1-33-17-19-34(20-18-33)22-9-11-23(12-10-22)35-26-15-16-31-29(30)27(26)28(32-35)21-7-13-25(14-8-21)36-24-5-3-2-4-6-24/h2-8,13-16,22-23H,9-12,17-20H2,1H3,(H2,30,31). The number of pyridine rings is 1. The zero-order valence-corrected chi connectivity index (χ0v) is 20.9. The summed E-state index contributed by atoms with van der Waals surface area (Å²) in [5, 5.41) is 6.08. The van der Waals surface area contributed by atoms with Gasteiger partial charge in [0.15, 0.2) is 0 Å². The highest BCUT2D eigenvalue weighted by molar-refractivity contribution is 6.00. The van der Waals surface area contributed by atoms with E-state index in [0.29, 0.717) is 17.9 Å². The number of rotatable bonds is 5. The van der Waals surface area contributed by atoms with Crippen LogP contribution in [0.1, 0.15) is 31.7 Å². The highest BCUT2D eigenvalue weighted by Crippen LogP contribution is 2.38. The summed E-state index contributed by atoms with van der Waals surface area (Å²) in [6.45, 7) is 4.73. The first-order chi connectivity index (χ1) is 17.7. The quantitative estimate of drug-likeness (QED) is 0.421. The van der Waals surface area contributed by atoms with Crippen LogP contribution in [-0.4, -0.2) is 63.8 Å². The first-order valence-corrected chi connectivity index (χ1v) is 13.0. The summed E-state index contributed by atoms with van der Waals surface area (Å²) in [6.07, 6.45) is 6.51. The highest BCUT2D eigenvalue weighted by Gasteiger charge is 2.30. The summed E-state index contributed by atoms with van der Waals surface area (Å²) in [6, 6.07) is 21.0. The molecule has 4 aromatic rings. The molecule has 2 aliphatic rings. The van der Waals surface area contributed by atoms with Crippen molar-refractivity contribution in [2.75, 3.05) is 39.0 Å². The van der Waals surface area contributed by atoms with Crippen molar-refractivity contribution < 1.29 is 4.74 Å². The van der Waals surface area contributed by atoms with Crippen molar-refractivity contribution in [2.24, 2.45) is 0 Å². The van der Waals surface area contributed by atoms with Crippen molar-refractivity contribution in [3.8, 4) is 22.8 Å². The molecular formula is C29H34N6O. The molecule has 1 aliphatic carbocycles. The van der Waals surface area contributed by atoms with Crippen LogP contribution in [0.5, 0.6) is 11.5 Å². The van der Waals surface area contributed by atoms with E-state index in [9.17, 15) is 0 Å². The van der Waals surface area contributed by atoms with Crippen molar-refractivity contribution in [2.45, 2.75) is 37.8 Å². The number of anilines is 1. The predicted molar refractivity (Wildman–Crippen MR) is 144 cm³/mol. The van der Waals surface area contributed by atoms with E-state index in [0.717, 1.165) is 46.5 Å². The van der Waals surface area contributed by atoms with Crippen molar-refractivity contribution in [3.05, 3.63) is 66.9 Å². The normalized spacial score (nSPS) is 21.6. The number of piperazine rings is 1. The van der Waals surface area contributed by atoms with Crippen molar-refractivity contribution in [1.29, 1.82) is 0 Å². The number of likely N-dealkylation sites (N-methyl/N-ethyl adjacent to an activating group) is 1. The summed E-state index contributed by atoms with van der Waals surface area (Å²) >= 11 is 0. The topological polar surface area (TPSA) is 72.4 Å². The Hall–Kier alpha value is -3.42. The van der Waals surface area contributed by atoms with Gasteiger partial charge < -0.3 is 15.4 Å². The van der Waals surface area contributed by atoms with Crippen LogP contribution in [0.15, 0.2) is 66.9 Å². The number of hydrogen-bond donors (Lipinski definition) is 1. The van der Waals surface area contributed by atoms with Crippen molar-refractivity contribution >= 4 is 16.7 Å². The summed E-state index contributed by atoms with van der Waals surface area (Å²) in [5.41, 5.74) is 9.38. The van der Waals surface area contributed by atoms with Gasteiger partial charge in [-0.1, -0.05) is 18.2 Å². The third kappa shape index (κ3) is 4.56. The molecule has 7 nitrogen and oxygen atoms in total. The van der Waals surface area contributed by atoms with Crippen molar-refractivity contribution in [3.63, 3.8) is 0 Å². The van der Waals surface area contributed by atoms with Gasteiger partial charge >= 0.3 is 0 Å². The van der Waals surface area contributed by atoms with Gasteiger partial charge in [-0.15, -0.1) is 0 Å². The Balaban J connectivity index is 1.24. The lowest BCUT2D eigenvalue weighted by Gasteiger charge is -2.41. The lowest BCUT2D eigenvalue weighted by atomic mass is 9.89. The summed E-state index contributed by atoms with van der Waals surface area (Å²) in [5.74, 6) is 2.15. The number of para-hydroxylation sites is 1. The fraction of sp³-hybridized carbons (Fsp3) is 0.379. The highest BCUT2D eigenvalue weighted by atomic mass is 16.5. The van der Waals surface area contributed by atoms with E-state index in [1.807, 2.05) is 42.5 Å². The first kappa shape index (κ1) is 23.0. The molecule has 0 spiro atoms. The number of hydrogen-bond acceptors (Lipinski definition) is 6. The minimum Gasteiger partial charge on any atom is -0.457 e. The van der Waals surface area contributed by atoms with Crippen LogP contribution in [0, 0.1) is 0 Å². The second-order valence-corrected chi connectivity index (χ2v) is 10.1. The van der Waals surface area contributed by atoms with E-state index in [-0.39, 0.29) is 0 Å².